The van der Waals surface area contributed by atoms with Crippen LogP contribution >= 0.6 is 0 Å². The van der Waals surface area contributed by atoms with Crippen LogP contribution in [0.4, 0.5) is 0 Å². The Morgan fingerprint density at radius 2 is 2.27 bits per heavy atom. The molecule has 3 heteroatoms. The third-order valence-corrected chi connectivity index (χ3v) is 1.75. The summed E-state index contributed by atoms with van der Waals surface area (Å²) in [6.45, 7) is 6.31. The van der Waals surface area contributed by atoms with Gasteiger partial charge in [0.1, 0.15) is 0 Å². The Morgan fingerprint density at radius 1 is 1.60 bits per heavy atom. The Kier molecular flexibility index (Phi) is 7.00. The van der Waals surface area contributed by atoms with Gasteiger partial charge in [0.05, 0.1) is 11.8 Å². The second kappa shape index (κ2) is 7.81. The maximum Gasteiger partial charge on any atom is 0.162 e. The quantitative estimate of drug-likeness (QED) is 0.431. The number of carbonyl (C=O) groups is 1. The van der Waals surface area contributed by atoms with Gasteiger partial charge in [0.25, 0.3) is 0 Å². The summed E-state index contributed by atoms with van der Waals surface area (Å²) in [5.74, 6) is 2.60. The second-order valence-corrected chi connectivity index (χ2v) is 2.86. The number of hydrogen-bond donors (Lipinski definition) is 0. The van der Waals surface area contributed by atoms with E-state index in [0.29, 0.717) is 5.56 Å². The highest BCUT2D eigenvalue weighted by atomic mass is 16.1. The van der Waals surface area contributed by atoms with Crippen LogP contribution in [-0.2, 0) is 6.54 Å². The van der Waals surface area contributed by atoms with Crippen molar-refractivity contribution in [2.75, 3.05) is 0 Å². The molecular formula is C12H18N2O. The lowest BCUT2D eigenvalue weighted by Crippen LogP contribution is -1.97. The van der Waals surface area contributed by atoms with Crippen molar-refractivity contribution in [1.82, 2.24) is 9.78 Å². The molecule has 0 aliphatic rings. The van der Waals surface area contributed by atoms with Crippen LogP contribution in [0.25, 0.3) is 0 Å². The summed E-state index contributed by atoms with van der Waals surface area (Å²) < 4.78 is 1.74. The van der Waals surface area contributed by atoms with Gasteiger partial charge in [0, 0.05) is 19.2 Å². The van der Waals surface area contributed by atoms with Gasteiger partial charge in [-0.15, -0.1) is 12.3 Å². The molecule has 82 valence electrons. The fourth-order valence-corrected chi connectivity index (χ4v) is 1.01. The Labute approximate surface area is 91.5 Å². The average Bonchev–Trinajstić information content (AvgIpc) is 2.70. The van der Waals surface area contributed by atoms with Gasteiger partial charge >= 0.3 is 0 Å². The van der Waals surface area contributed by atoms with E-state index >= 15 is 0 Å². The third kappa shape index (κ3) is 5.02. The normalized spacial score (nSPS) is 8.67. The van der Waals surface area contributed by atoms with Crippen LogP contribution in [-0.4, -0.2) is 15.6 Å². The van der Waals surface area contributed by atoms with Gasteiger partial charge in [0.2, 0.25) is 0 Å². The molecule has 0 amide bonds. The first-order valence-electron chi connectivity index (χ1n) is 5.21. The first kappa shape index (κ1) is 13.4. The molecule has 0 aromatic carbocycles. The zero-order chi connectivity index (χ0) is 11.7. The summed E-state index contributed by atoms with van der Waals surface area (Å²) in [6, 6.07) is 0. The van der Waals surface area contributed by atoms with Gasteiger partial charge in [-0.3, -0.25) is 9.48 Å². The lowest BCUT2D eigenvalue weighted by atomic mass is 10.3. The van der Waals surface area contributed by atoms with Crippen LogP contribution in [0.2, 0.25) is 0 Å². The standard InChI is InChI=1S/C10H12N2O.C2H6/c1-3-4-5-6-12-8-10(7-11-12)9(2)13;1-2/h1,7-8H,4-6H2,2H3;1-2H3. The van der Waals surface area contributed by atoms with Crippen molar-refractivity contribution in [3.8, 4) is 12.3 Å². The molecule has 0 bridgehead atoms. The first-order valence-corrected chi connectivity index (χ1v) is 5.21. The van der Waals surface area contributed by atoms with Crippen LogP contribution in [0.3, 0.4) is 0 Å². The van der Waals surface area contributed by atoms with Gasteiger partial charge in [-0.2, -0.15) is 5.10 Å². The van der Waals surface area contributed by atoms with E-state index in [1.165, 1.54) is 6.92 Å². The van der Waals surface area contributed by atoms with E-state index in [0.717, 1.165) is 19.4 Å². The molecule has 0 unspecified atom stereocenters. The molecule has 0 aliphatic carbocycles. The number of nitrogens with zero attached hydrogens (tertiary/aromatic N) is 2. The summed E-state index contributed by atoms with van der Waals surface area (Å²) in [5.41, 5.74) is 0.653. The minimum Gasteiger partial charge on any atom is -0.294 e. The fourth-order valence-electron chi connectivity index (χ4n) is 1.01. The molecule has 0 fully saturated rings. The maximum atomic E-state index is 10.9. The Balaban J connectivity index is 0.000000921. The number of hydrogen-bond acceptors (Lipinski definition) is 2. The molecule has 0 saturated carbocycles. The van der Waals surface area contributed by atoms with Crippen molar-refractivity contribution in [2.24, 2.45) is 0 Å². The highest BCUT2D eigenvalue weighted by Crippen LogP contribution is 2.00. The van der Waals surface area contributed by atoms with Crippen molar-refractivity contribution in [3.63, 3.8) is 0 Å². The first-order chi connectivity index (χ1) is 7.24. The molecule has 1 aromatic heterocycles. The van der Waals surface area contributed by atoms with Crippen molar-refractivity contribution < 1.29 is 4.79 Å². The van der Waals surface area contributed by atoms with Crippen LogP contribution in [0.15, 0.2) is 12.4 Å². The Hall–Kier alpha value is -1.56. The highest BCUT2D eigenvalue weighted by Gasteiger charge is 2.01. The number of carbonyl (C=O) groups excluding carboxylic acids is 1. The monoisotopic (exact) mass is 206 g/mol. The van der Waals surface area contributed by atoms with Crippen LogP contribution < -0.4 is 0 Å². The average molecular weight is 206 g/mol. The zero-order valence-electron chi connectivity index (χ0n) is 9.66. The van der Waals surface area contributed by atoms with Crippen molar-refractivity contribution in [1.29, 1.82) is 0 Å². The minimum atomic E-state index is 0.0446. The van der Waals surface area contributed by atoms with E-state index in [4.69, 9.17) is 6.42 Å². The van der Waals surface area contributed by atoms with E-state index < -0.39 is 0 Å². The van der Waals surface area contributed by atoms with Crippen molar-refractivity contribution in [2.45, 2.75) is 40.2 Å². The van der Waals surface area contributed by atoms with E-state index in [9.17, 15) is 4.79 Å². The molecule has 0 atom stereocenters. The zero-order valence-corrected chi connectivity index (χ0v) is 9.66. The number of aryl methyl sites for hydroxylation is 1. The largest absolute Gasteiger partial charge is 0.294 e. The lowest BCUT2D eigenvalue weighted by molar-refractivity contribution is 0.101. The molecule has 15 heavy (non-hydrogen) atoms. The molecule has 0 spiro atoms. The second-order valence-electron chi connectivity index (χ2n) is 2.86. The topological polar surface area (TPSA) is 34.9 Å². The summed E-state index contributed by atoms with van der Waals surface area (Å²) >= 11 is 0. The van der Waals surface area contributed by atoms with Crippen molar-refractivity contribution in [3.05, 3.63) is 18.0 Å². The SMILES string of the molecule is C#CCCCn1cc(C(C)=O)cn1.CC. The molecule has 1 rings (SSSR count). The van der Waals surface area contributed by atoms with E-state index in [2.05, 4.69) is 11.0 Å². The summed E-state index contributed by atoms with van der Waals surface area (Å²) in [4.78, 5) is 10.9. The number of Topliss-reactive ketones (excluding diaryl/α,β-unsaturated/α-hetero) is 1. The van der Waals surface area contributed by atoms with E-state index in [1.54, 1.807) is 17.1 Å². The smallest absolute Gasteiger partial charge is 0.162 e. The maximum absolute atomic E-state index is 10.9. The lowest BCUT2D eigenvalue weighted by Gasteiger charge is -1.96. The van der Waals surface area contributed by atoms with Gasteiger partial charge in [-0.05, 0) is 13.3 Å². The van der Waals surface area contributed by atoms with Crippen LogP contribution in [0, 0.1) is 12.3 Å². The summed E-state index contributed by atoms with van der Waals surface area (Å²) in [6.07, 6.45) is 10.1. The summed E-state index contributed by atoms with van der Waals surface area (Å²) in [5, 5.41) is 4.04. The van der Waals surface area contributed by atoms with Gasteiger partial charge in [-0.1, -0.05) is 13.8 Å². The molecule has 3 nitrogen and oxygen atoms in total. The molecule has 1 heterocycles. The van der Waals surface area contributed by atoms with Gasteiger partial charge < -0.3 is 0 Å². The molecule has 0 radical (unpaired) electrons. The van der Waals surface area contributed by atoms with E-state index in [-0.39, 0.29) is 5.78 Å². The molecule has 1 aromatic rings. The number of ketones is 1. The third-order valence-electron chi connectivity index (χ3n) is 1.75. The number of rotatable bonds is 4. The van der Waals surface area contributed by atoms with Crippen LogP contribution in [0.5, 0.6) is 0 Å². The molecule has 0 aliphatic heterocycles. The predicted molar refractivity (Wildman–Crippen MR) is 61.6 cm³/mol. The van der Waals surface area contributed by atoms with E-state index in [1.807, 2.05) is 13.8 Å². The molecule has 0 saturated heterocycles. The Bertz CT molecular complexity index is 334. The highest BCUT2D eigenvalue weighted by molar-refractivity contribution is 5.93. The number of terminal acetylenes is 1. The fraction of sp³-hybridized carbons (Fsp3) is 0.500. The van der Waals surface area contributed by atoms with Crippen molar-refractivity contribution >= 4 is 5.78 Å². The van der Waals surface area contributed by atoms with Crippen LogP contribution in [0.1, 0.15) is 44.0 Å². The Morgan fingerprint density at radius 3 is 2.73 bits per heavy atom. The number of unbranched alkanes of at least 4 members (excludes halogenated alkanes) is 1. The number of aromatic nitrogens is 2. The van der Waals surface area contributed by atoms with Gasteiger partial charge in [-0.25, -0.2) is 0 Å². The predicted octanol–water partition coefficient (Wildman–Crippen LogP) is 2.53. The summed E-state index contributed by atoms with van der Waals surface area (Å²) in [7, 11) is 0. The molecular weight excluding hydrogens is 188 g/mol. The van der Waals surface area contributed by atoms with Gasteiger partial charge in [0.15, 0.2) is 5.78 Å². The molecule has 0 N–H and O–H groups in total. The minimum absolute atomic E-state index is 0.0446.